The second-order valence-electron chi connectivity index (χ2n) is 5.80. The predicted octanol–water partition coefficient (Wildman–Crippen LogP) is 3.99. The fourth-order valence-electron chi connectivity index (χ4n) is 1.77. The average Bonchev–Trinajstić information content (AvgIpc) is 2.32. The first-order valence-corrected chi connectivity index (χ1v) is 7.28. The first kappa shape index (κ1) is 16.3. The zero-order valence-corrected chi connectivity index (χ0v) is 14.1. The van der Waals surface area contributed by atoms with Gasteiger partial charge in [-0.3, -0.25) is 0 Å². The largest absolute Gasteiger partial charge is 0.493 e. The standard InChI is InChI=1S/C15H24BrNO2/c1-15(2,3)6-7-17-10-11-8-12(16)14(19-5)13(9-11)18-4/h8-9,17H,6-7,10H2,1-5H3. The molecule has 0 aliphatic rings. The molecule has 1 aromatic carbocycles. The smallest absolute Gasteiger partial charge is 0.174 e. The van der Waals surface area contributed by atoms with E-state index in [2.05, 4.69) is 48.1 Å². The van der Waals surface area contributed by atoms with Gasteiger partial charge < -0.3 is 14.8 Å². The van der Waals surface area contributed by atoms with E-state index in [1.807, 2.05) is 6.07 Å². The average molecular weight is 330 g/mol. The Hall–Kier alpha value is -0.740. The lowest BCUT2D eigenvalue weighted by Gasteiger charge is -2.18. The van der Waals surface area contributed by atoms with E-state index in [1.54, 1.807) is 14.2 Å². The summed E-state index contributed by atoms with van der Waals surface area (Å²) in [5.74, 6) is 1.49. The maximum atomic E-state index is 5.34. The molecule has 0 bridgehead atoms. The summed E-state index contributed by atoms with van der Waals surface area (Å²) in [6, 6.07) is 4.07. The van der Waals surface area contributed by atoms with E-state index in [0.29, 0.717) is 5.41 Å². The van der Waals surface area contributed by atoms with Gasteiger partial charge in [0.15, 0.2) is 11.5 Å². The molecule has 0 atom stereocenters. The third kappa shape index (κ3) is 5.41. The minimum Gasteiger partial charge on any atom is -0.493 e. The van der Waals surface area contributed by atoms with Crippen LogP contribution in [0, 0.1) is 5.41 Å². The quantitative estimate of drug-likeness (QED) is 0.800. The van der Waals surface area contributed by atoms with Crippen molar-refractivity contribution in [2.24, 2.45) is 5.41 Å². The fraction of sp³-hybridized carbons (Fsp3) is 0.600. The minimum atomic E-state index is 0.366. The normalized spacial score (nSPS) is 11.5. The van der Waals surface area contributed by atoms with Gasteiger partial charge in [-0.05, 0) is 52.0 Å². The number of nitrogens with one attached hydrogen (secondary N) is 1. The summed E-state index contributed by atoms with van der Waals surface area (Å²) in [7, 11) is 3.30. The van der Waals surface area contributed by atoms with Gasteiger partial charge >= 0.3 is 0 Å². The Kier molecular flexibility index (Phi) is 6.14. The molecule has 0 amide bonds. The molecule has 3 nitrogen and oxygen atoms in total. The van der Waals surface area contributed by atoms with Crippen molar-refractivity contribution in [3.05, 3.63) is 22.2 Å². The van der Waals surface area contributed by atoms with Crippen LogP contribution in [0.5, 0.6) is 11.5 Å². The van der Waals surface area contributed by atoms with Crippen LogP contribution in [-0.2, 0) is 6.54 Å². The van der Waals surface area contributed by atoms with Gasteiger partial charge in [-0.2, -0.15) is 0 Å². The Morgan fingerprint density at radius 1 is 1.16 bits per heavy atom. The van der Waals surface area contributed by atoms with Crippen LogP contribution in [0.4, 0.5) is 0 Å². The van der Waals surface area contributed by atoms with Crippen molar-refractivity contribution in [1.29, 1.82) is 0 Å². The molecule has 0 fully saturated rings. The topological polar surface area (TPSA) is 30.5 Å². The van der Waals surface area contributed by atoms with Crippen molar-refractivity contribution >= 4 is 15.9 Å². The Bertz CT molecular complexity index is 413. The maximum Gasteiger partial charge on any atom is 0.174 e. The maximum absolute atomic E-state index is 5.34. The number of benzene rings is 1. The van der Waals surface area contributed by atoms with Crippen LogP contribution in [0.15, 0.2) is 16.6 Å². The van der Waals surface area contributed by atoms with Crippen LogP contribution in [0.1, 0.15) is 32.8 Å². The van der Waals surface area contributed by atoms with Gasteiger partial charge in [0.1, 0.15) is 0 Å². The van der Waals surface area contributed by atoms with Gasteiger partial charge in [0.05, 0.1) is 18.7 Å². The Balaban J connectivity index is 2.62. The summed E-state index contributed by atoms with van der Waals surface area (Å²) in [4.78, 5) is 0. The summed E-state index contributed by atoms with van der Waals surface area (Å²) < 4.78 is 11.6. The molecule has 0 heterocycles. The van der Waals surface area contributed by atoms with E-state index in [9.17, 15) is 0 Å². The highest BCUT2D eigenvalue weighted by molar-refractivity contribution is 9.10. The van der Waals surface area contributed by atoms with Crippen LogP contribution in [0.3, 0.4) is 0 Å². The first-order valence-electron chi connectivity index (χ1n) is 6.48. The van der Waals surface area contributed by atoms with Crippen LogP contribution < -0.4 is 14.8 Å². The van der Waals surface area contributed by atoms with Crippen molar-refractivity contribution in [1.82, 2.24) is 5.32 Å². The van der Waals surface area contributed by atoms with Crippen molar-refractivity contribution in [3.63, 3.8) is 0 Å². The first-order chi connectivity index (χ1) is 8.87. The SMILES string of the molecule is COc1cc(CNCCC(C)(C)C)cc(Br)c1OC. The highest BCUT2D eigenvalue weighted by atomic mass is 79.9. The molecule has 0 aromatic heterocycles. The minimum absolute atomic E-state index is 0.366. The Morgan fingerprint density at radius 2 is 1.84 bits per heavy atom. The molecule has 0 saturated carbocycles. The van der Waals surface area contributed by atoms with Crippen LogP contribution in [0.2, 0.25) is 0 Å². The molecule has 1 aromatic rings. The molecular weight excluding hydrogens is 306 g/mol. The van der Waals surface area contributed by atoms with E-state index in [4.69, 9.17) is 9.47 Å². The summed E-state index contributed by atoms with van der Waals surface area (Å²) in [6.45, 7) is 8.59. The highest BCUT2D eigenvalue weighted by Gasteiger charge is 2.11. The molecular formula is C15H24BrNO2. The van der Waals surface area contributed by atoms with E-state index in [-0.39, 0.29) is 0 Å². The lowest BCUT2D eigenvalue weighted by molar-refractivity contribution is 0.352. The third-order valence-electron chi connectivity index (χ3n) is 2.87. The van der Waals surface area contributed by atoms with Crippen molar-refractivity contribution < 1.29 is 9.47 Å². The van der Waals surface area contributed by atoms with Crippen molar-refractivity contribution in [3.8, 4) is 11.5 Å². The number of methoxy groups -OCH3 is 2. The van der Waals surface area contributed by atoms with Crippen molar-refractivity contribution in [2.75, 3.05) is 20.8 Å². The molecule has 0 aliphatic carbocycles. The summed E-state index contributed by atoms with van der Waals surface area (Å²) in [5.41, 5.74) is 1.55. The van der Waals surface area contributed by atoms with E-state index in [1.165, 1.54) is 5.56 Å². The van der Waals surface area contributed by atoms with Crippen LogP contribution >= 0.6 is 15.9 Å². The zero-order chi connectivity index (χ0) is 14.5. The van der Waals surface area contributed by atoms with Gasteiger partial charge in [-0.15, -0.1) is 0 Å². The molecule has 0 saturated heterocycles. The molecule has 0 unspecified atom stereocenters. The fourth-order valence-corrected chi connectivity index (χ4v) is 2.42. The highest BCUT2D eigenvalue weighted by Crippen LogP contribution is 2.36. The lowest BCUT2D eigenvalue weighted by atomic mass is 9.92. The zero-order valence-electron chi connectivity index (χ0n) is 12.5. The van der Waals surface area contributed by atoms with Crippen LogP contribution in [0.25, 0.3) is 0 Å². The van der Waals surface area contributed by atoms with Gasteiger partial charge in [0.2, 0.25) is 0 Å². The molecule has 0 radical (unpaired) electrons. The second kappa shape index (κ2) is 7.15. The second-order valence-corrected chi connectivity index (χ2v) is 6.65. The number of hydrogen-bond donors (Lipinski definition) is 1. The Labute approximate surface area is 124 Å². The lowest BCUT2D eigenvalue weighted by Crippen LogP contribution is -2.20. The number of rotatable bonds is 6. The monoisotopic (exact) mass is 329 g/mol. The van der Waals surface area contributed by atoms with Gasteiger partial charge in [0.25, 0.3) is 0 Å². The van der Waals surface area contributed by atoms with E-state index < -0.39 is 0 Å². The third-order valence-corrected chi connectivity index (χ3v) is 3.46. The van der Waals surface area contributed by atoms with Gasteiger partial charge in [0, 0.05) is 6.54 Å². The van der Waals surface area contributed by atoms with Crippen molar-refractivity contribution in [2.45, 2.75) is 33.7 Å². The molecule has 0 spiro atoms. The molecule has 0 aliphatic heterocycles. The summed E-state index contributed by atoms with van der Waals surface area (Å²) in [6.07, 6.45) is 1.15. The summed E-state index contributed by atoms with van der Waals surface area (Å²) in [5, 5.41) is 3.46. The van der Waals surface area contributed by atoms with Crippen LogP contribution in [-0.4, -0.2) is 20.8 Å². The van der Waals surface area contributed by atoms with Gasteiger partial charge in [-0.1, -0.05) is 20.8 Å². The molecule has 108 valence electrons. The number of halogens is 1. The van der Waals surface area contributed by atoms with E-state index >= 15 is 0 Å². The number of ether oxygens (including phenoxy) is 2. The van der Waals surface area contributed by atoms with Gasteiger partial charge in [-0.25, -0.2) is 0 Å². The number of hydrogen-bond acceptors (Lipinski definition) is 3. The molecule has 1 N–H and O–H groups in total. The molecule has 4 heteroatoms. The molecule has 1 rings (SSSR count). The summed E-state index contributed by atoms with van der Waals surface area (Å²) >= 11 is 3.51. The predicted molar refractivity (Wildman–Crippen MR) is 83.0 cm³/mol. The Morgan fingerprint density at radius 3 is 2.37 bits per heavy atom. The molecule has 19 heavy (non-hydrogen) atoms. The van der Waals surface area contributed by atoms with E-state index in [0.717, 1.165) is 35.5 Å².